The standard InChI is InChI=1S/C18H15N3O3S/c22-16-9-20(13-6-2-1-5-12(13)19-16)17(23)10-21-14-7-3-4-8-15(14)25-11-18(21)24/h1-8H,9-11H2,(H,19,22). The number of para-hydroxylation sites is 3. The Labute approximate surface area is 148 Å². The number of carbonyl (C=O) groups is 3. The van der Waals surface area contributed by atoms with Crippen LogP contribution in [-0.4, -0.2) is 36.6 Å². The molecule has 0 atom stereocenters. The number of nitrogens with one attached hydrogen (secondary N) is 1. The van der Waals surface area contributed by atoms with Gasteiger partial charge in [0.1, 0.15) is 13.1 Å². The second-order valence-electron chi connectivity index (χ2n) is 5.78. The van der Waals surface area contributed by atoms with Crippen LogP contribution in [-0.2, 0) is 14.4 Å². The second-order valence-corrected chi connectivity index (χ2v) is 6.80. The Bertz CT molecular complexity index is 883. The Morgan fingerprint density at radius 3 is 2.60 bits per heavy atom. The summed E-state index contributed by atoms with van der Waals surface area (Å²) < 4.78 is 0. The van der Waals surface area contributed by atoms with Crippen molar-refractivity contribution in [2.45, 2.75) is 4.90 Å². The van der Waals surface area contributed by atoms with Gasteiger partial charge in [-0.1, -0.05) is 24.3 Å². The molecule has 4 rings (SSSR count). The first-order chi connectivity index (χ1) is 12.1. The predicted molar refractivity (Wildman–Crippen MR) is 96.9 cm³/mol. The third-order valence-electron chi connectivity index (χ3n) is 4.17. The minimum Gasteiger partial charge on any atom is -0.323 e. The number of hydrogen-bond donors (Lipinski definition) is 1. The van der Waals surface area contributed by atoms with Gasteiger partial charge in [0, 0.05) is 4.90 Å². The molecular formula is C18H15N3O3S. The zero-order chi connectivity index (χ0) is 17.4. The van der Waals surface area contributed by atoms with Crippen molar-refractivity contribution in [3.63, 3.8) is 0 Å². The summed E-state index contributed by atoms with van der Waals surface area (Å²) in [4.78, 5) is 41.0. The number of benzene rings is 2. The largest absolute Gasteiger partial charge is 0.323 e. The predicted octanol–water partition coefficient (Wildman–Crippen LogP) is 2.11. The highest BCUT2D eigenvalue weighted by molar-refractivity contribution is 8.00. The lowest BCUT2D eigenvalue weighted by atomic mass is 10.2. The van der Waals surface area contributed by atoms with E-state index in [2.05, 4.69) is 5.32 Å². The number of anilines is 3. The van der Waals surface area contributed by atoms with Crippen LogP contribution in [0, 0.1) is 0 Å². The molecule has 1 N–H and O–H groups in total. The van der Waals surface area contributed by atoms with Crippen molar-refractivity contribution < 1.29 is 14.4 Å². The quantitative estimate of drug-likeness (QED) is 0.898. The maximum Gasteiger partial charge on any atom is 0.247 e. The van der Waals surface area contributed by atoms with Crippen LogP contribution in [0.5, 0.6) is 0 Å². The normalized spacial score (nSPS) is 16.2. The first kappa shape index (κ1) is 15.7. The minimum atomic E-state index is -0.280. The number of amides is 3. The Kier molecular flexibility index (Phi) is 3.93. The van der Waals surface area contributed by atoms with Gasteiger partial charge in [-0.05, 0) is 24.3 Å². The SMILES string of the molecule is O=C1CN(C(=O)CN2C(=O)CSc3ccccc32)c2ccccc2N1. The fourth-order valence-corrected chi connectivity index (χ4v) is 3.94. The average Bonchev–Trinajstić information content (AvgIpc) is 2.63. The van der Waals surface area contributed by atoms with Gasteiger partial charge in [-0.25, -0.2) is 0 Å². The van der Waals surface area contributed by atoms with Crippen molar-refractivity contribution in [3.05, 3.63) is 48.5 Å². The Morgan fingerprint density at radius 1 is 1.04 bits per heavy atom. The average molecular weight is 353 g/mol. The van der Waals surface area contributed by atoms with E-state index in [0.717, 1.165) is 10.6 Å². The summed E-state index contributed by atoms with van der Waals surface area (Å²) >= 11 is 1.47. The number of thioether (sulfide) groups is 1. The summed E-state index contributed by atoms with van der Waals surface area (Å²) in [6, 6.07) is 14.7. The lowest BCUT2D eigenvalue weighted by molar-refractivity contribution is -0.122. The van der Waals surface area contributed by atoms with E-state index in [1.165, 1.54) is 21.6 Å². The Hall–Kier alpha value is -2.80. The monoisotopic (exact) mass is 353 g/mol. The molecule has 0 bridgehead atoms. The van der Waals surface area contributed by atoms with Crippen molar-refractivity contribution in [3.8, 4) is 0 Å². The number of nitrogens with zero attached hydrogens (tertiary/aromatic N) is 2. The van der Waals surface area contributed by atoms with Crippen LogP contribution in [0.15, 0.2) is 53.4 Å². The Balaban J connectivity index is 1.63. The molecule has 7 heteroatoms. The van der Waals surface area contributed by atoms with Gasteiger partial charge in [-0.3, -0.25) is 19.3 Å². The van der Waals surface area contributed by atoms with Crippen molar-refractivity contribution in [2.75, 3.05) is 34.0 Å². The zero-order valence-electron chi connectivity index (χ0n) is 13.3. The maximum absolute atomic E-state index is 12.9. The van der Waals surface area contributed by atoms with Crippen molar-refractivity contribution in [2.24, 2.45) is 0 Å². The maximum atomic E-state index is 12.9. The summed E-state index contributed by atoms with van der Waals surface area (Å²) in [7, 11) is 0. The number of rotatable bonds is 2. The molecule has 2 aromatic carbocycles. The number of hydrogen-bond acceptors (Lipinski definition) is 4. The molecule has 0 aliphatic carbocycles. The summed E-state index contributed by atoms with van der Waals surface area (Å²) in [5, 5.41) is 2.76. The van der Waals surface area contributed by atoms with Gasteiger partial charge in [0.25, 0.3) is 0 Å². The van der Waals surface area contributed by atoms with E-state index in [1.54, 1.807) is 18.2 Å². The molecule has 0 unspecified atom stereocenters. The molecule has 126 valence electrons. The van der Waals surface area contributed by atoms with E-state index in [0.29, 0.717) is 17.1 Å². The molecule has 0 saturated heterocycles. The second kappa shape index (κ2) is 6.25. The van der Waals surface area contributed by atoms with Crippen molar-refractivity contribution >= 4 is 46.5 Å². The fraction of sp³-hybridized carbons (Fsp3) is 0.167. The van der Waals surface area contributed by atoms with Gasteiger partial charge in [-0.15, -0.1) is 11.8 Å². The summed E-state index contributed by atoms with van der Waals surface area (Å²) in [5.74, 6) is -0.321. The van der Waals surface area contributed by atoms with Gasteiger partial charge in [0.2, 0.25) is 17.7 Å². The van der Waals surface area contributed by atoms with E-state index in [-0.39, 0.29) is 30.8 Å². The fourth-order valence-electron chi connectivity index (χ4n) is 3.00. The summed E-state index contributed by atoms with van der Waals surface area (Å²) in [6.45, 7) is -0.133. The van der Waals surface area contributed by atoms with Gasteiger partial charge in [0.15, 0.2) is 0 Å². The van der Waals surface area contributed by atoms with Crippen LogP contribution in [0.25, 0.3) is 0 Å². The van der Waals surface area contributed by atoms with Crippen LogP contribution in [0.3, 0.4) is 0 Å². The van der Waals surface area contributed by atoms with Gasteiger partial charge in [-0.2, -0.15) is 0 Å². The lowest BCUT2D eigenvalue weighted by Gasteiger charge is -2.33. The molecule has 2 heterocycles. The first-order valence-corrected chi connectivity index (χ1v) is 8.83. The molecule has 0 fully saturated rings. The van der Waals surface area contributed by atoms with Gasteiger partial charge < -0.3 is 10.2 Å². The van der Waals surface area contributed by atoms with E-state index < -0.39 is 0 Å². The highest BCUT2D eigenvalue weighted by Crippen LogP contribution is 2.35. The molecule has 6 nitrogen and oxygen atoms in total. The number of fused-ring (bicyclic) bond motifs is 2. The van der Waals surface area contributed by atoms with E-state index in [4.69, 9.17) is 0 Å². The molecule has 25 heavy (non-hydrogen) atoms. The van der Waals surface area contributed by atoms with Crippen molar-refractivity contribution in [1.82, 2.24) is 0 Å². The molecule has 0 aromatic heterocycles. The van der Waals surface area contributed by atoms with Gasteiger partial charge >= 0.3 is 0 Å². The van der Waals surface area contributed by atoms with Crippen LogP contribution in [0.4, 0.5) is 17.1 Å². The smallest absolute Gasteiger partial charge is 0.247 e. The van der Waals surface area contributed by atoms with Crippen LogP contribution in [0.1, 0.15) is 0 Å². The highest BCUT2D eigenvalue weighted by atomic mass is 32.2. The summed E-state index contributed by atoms with van der Waals surface area (Å²) in [6.07, 6.45) is 0. The summed E-state index contributed by atoms with van der Waals surface area (Å²) in [5.41, 5.74) is 2.00. The molecule has 2 aliphatic heterocycles. The molecule has 2 aliphatic rings. The van der Waals surface area contributed by atoms with Crippen LogP contribution in [0.2, 0.25) is 0 Å². The molecule has 0 saturated carbocycles. The zero-order valence-corrected chi connectivity index (χ0v) is 14.1. The third-order valence-corrected chi connectivity index (χ3v) is 5.22. The van der Waals surface area contributed by atoms with Crippen LogP contribution < -0.4 is 15.1 Å². The number of carbonyl (C=O) groups excluding carboxylic acids is 3. The first-order valence-electron chi connectivity index (χ1n) is 7.85. The molecule has 0 spiro atoms. The lowest BCUT2D eigenvalue weighted by Crippen LogP contribution is -2.49. The third kappa shape index (κ3) is 2.87. The van der Waals surface area contributed by atoms with E-state index in [9.17, 15) is 14.4 Å². The van der Waals surface area contributed by atoms with E-state index >= 15 is 0 Å². The van der Waals surface area contributed by atoms with Crippen molar-refractivity contribution in [1.29, 1.82) is 0 Å². The van der Waals surface area contributed by atoms with E-state index in [1.807, 2.05) is 30.3 Å². The van der Waals surface area contributed by atoms with Gasteiger partial charge in [0.05, 0.1) is 22.8 Å². The molecular weight excluding hydrogens is 338 g/mol. The Morgan fingerprint density at radius 2 is 1.76 bits per heavy atom. The highest BCUT2D eigenvalue weighted by Gasteiger charge is 2.31. The molecule has 3 amide bonds. The minimum absolute atomic E-state index is 0.0473. The van der Waals surface area contributed by atoms with Crippen LogP contribution >= 0.6 is 11.8 Å². The molecule has 0 radical (unpaired) electrons. The molecule has 2 aromatic rings. The topological polar surface area (TPSA) is 69.7 Å².